The Labute approximate surface area is 219 Å². The van der Waals surface area contributed by atoms with Gasteiger partial charge in [-0.15, -0.1) is 0 Å². The van der Waals surface area contributed by atoms with E-state index in [9.17, 15) is 10.2 Å². The van der Waals surface area contributed by atoms with Crippen LogP contribution in [0.2, 0.25) is 0 Å². The Morgan fingerprint density at radius 2 is 1.24 bits per heavy atom. The fourth-order valence-electron chi connectivity index (χ4n) is 4.89. The third-order valence-electron chi connectivity index (χ3n) is 6.50. The Morgan fingerprint density at radius 1 is 0.605 bits per heavy atom. The first-order valence-corrected chi connectivity index (χ1v) is 12.5. The Hall–Kier alpha value is -4.91. The minimum absolute atomic E-state index is 0.0774. The summed E-state index contributed by atoms with van der Waals surface area (Å²) in [5.41, 5.74) is 0.868. The van der Waals surface area contributed by atoms with Crippen LogP contribution in [0.1, 0.15) is 13.8 Å². The second kappa shape index (κ2) is 9.52. The molecular weight excluding hydrogens is 478 g/mol. The third-order valence-corrected chi connectivity index (χ3v) is 6.50. The van der Waals surface area contributed by atoms with Crippen LogP contribution in [0.4, 0.5) is 0 Å². The van der Waals surface area contributed by atoms with Gasteiger partial charge in [-0.05, 0) is 52.2 Å². The minimum atomic E-state index is -0.206. The molecule has 0 aliphatic rings. The van der Waals surface area contributed by atoms with E-state index >= 15 is 0 Å². The number of phenolic OH excluding ortho intramolecular Hbond substituents is 2. The lowest BCUT2D eigenvalue weighted by atomic mass is 9.93. The molecule has 0 spiro atoms. The normalized spacial score (nSPS) is 11.3. The van der Waals surface area contributed by atoms with E-state index in [0.29, 0.717) is 24.8 Å². The third kappa shape index (κ3) is 3.98. The highest BCUT2D eigenvalue weighted by Gasteiger charge is 2.21. The lowest BCUT2D eigenvalue weighted by molar-refractivity contribution is 0.312. The maximum atomic E-state index is 10.8. The zero-order valence-corrected chi connectivity index (χ0v) is 21.0. The van der Waals surface area contributed by atoms with Crippen molar-refractivity contribution in [3.63, 3.8) is 0 Å². The number of rotatable bonds is 6. The minimum Gasteiger partial charge on any atom is -0.507 e. The molecule has 5 aromatic carbocycles. The molecule has 0 radical (unpaired) electrons. The molecule has 1 heterocycles. The Balaban J connectivity index is 1.65. The van der Waals surface area contributed by atoms with Gasteiger partial charge in [-0.25, -0.2) is 4.98 Å². The van der Waals surface area contributed by atoms with Crippen molar-refractivity contribution in [1.29, 1.82) is 0 Å². The second-order valence-electron chi connectivity index (χ2n) is 8.82. The molecule has 188 valence electrons. The summed E-state index contributed by atoms with van der Waals surface area (Å²) in [5.74, 6) is 0.401. The van der Waals surface area contributed by atoms with E-state index in [1.807, 2.05) is 44.2 Å². The molecule has 0 aliphatic carbocycles. The molecule has 0 aliphatic heterocycles. The molecule has 7 heteroatoms. The van der Waals surface area contributed by atoms with E-state index in [1.165, 1.54) is 12.1 Å². The van der Waals surface area contributed by atoms with E-state index in [2.05, 4.69) is 46.4 Å². The summed E-state index contributed by atoms with van der Waals surface area (Å²) in [7, 11) is 0. The molecule has 7 nitrogen and oxygen atoms in total. The summed E-state index contributed by atoms with van der Waals surface area (Å²) in [6.45, 7) is 4.40. The summed E-state index contributed by atoms with van der Waals surface area (Å²) in [6.07, 6.45) is 0. The van der Waals surface area contributed by atoms with Crippen molar-refractivity contribution in [3.05, 3.63) is 78.9 Å². The fraction of sp³-hybridized carbons (Fsp3) is 0.129. The largest absolute Gasteiger partial charge is 0.507 e. The van der Waals surface area contributed by atoms with Gasteiger partial charge in [0, 0.05) is 17.7 Å². The monoisotopic (exact) mass is 503 g/mol. The number of aromatic nitrogens is 3. The van der Waals surface area contributed by atoms with Crippen LogP contribution < -0.4 is 9.47 Å². The van der Waals surface area contributed by atoms with Crippen molar-refractivity contribution in [3.8, 4) is 46.0 Å². The fourth-order valence-corrected chi connectivity index (χ4v) is 4.89. The van der Waals surface area contributed by atoms with E-state index in [1.54, 1.807) is 0 Å². The first-order chi connectivity index (χ1) is 18.6. The van der Waals surface area contributed by atoms with Crippen LogP contribution in [0, 0.1) is 0 Å². The summed E-state index contributed by atoms with van der Waals surface area (Å²) in [6, 6.07) is 25.7. The lowest BCUT2D eigenvalue weighted by Crippen LogP contribution is -2.04. The molecule has 2 N–H and O–H groups in total. The first kappa shape index (κ1) is 23.5. The van der Waals surface area contributed by atoms with Gasteiger partial charge in [0.1, 0.15) is 22.8 Å². The van der Waals surface area contributed by atoms with Gasteiger partial charge in [0.05, 0.1) is 13.2 Å². The molecule has 0 fully saturated rings. The van der Waals surface area contributed by atoms with E-state index in [4.69, 9.17) is 14.5 Å². The average molecular weight is 504 g/mol. The van der Waals surface area contributed by atoms with Crippen LogP contribution in [-0.2, 0) is 0 Å². The van der Waals surface area contributed by atoms with Crippen molar-refractivity contribution in [1.82, 2.24) is 15.0 Å². The van der Waals surface area contributed by atoms with Gasteiger partial charge in [-0.3, -0.25) is 0 Å². The first-order valence-electron chi connectivity index (χ1n) is 12.5. The van der Waals surface area contributed by atoms with E-state index < -0.39 is 0 Å². The number of nitrogens with zero attached hydrogens (tertiary/aromatic N) is 3. The van der Waals surface area contributed by atoms with Crippen LogP contribution in [0.15, 0.2) is 78.9 Å². The number of benzene rings is 5. The quantitative estimate of drug-likeness (QED) is 0.239. The molecule has 0 unspecified atom stereocenters. The van der Waals surface area contributed by atoms with Gasteiger partial charge in [-0.1, -0.05) is 60.7 Å². The van der Waals surface area contributed by atoms with Gasteiger partial charge in [0.15, 0.2) is 11.6 Å². The van der Waals surface area contributed by atoms with Crippen LogP contribution in [0.5, 0.6) is 23.3 Å². The van der Waals surface area contributed by atoms with Crippen LogP contribution in [0.3, 0.4) is 0 Å². The predicted molar refractivity (Wildman–Crippen MR) is 149 cm³/mol. The second-order valence-corrected chi connectivity index (χ2v) is 8.82. The molecular formula is C31H25N3O4. The average Bonchev–Trinajstić information content (AvgIpc) is 2.92. The molecule has 0 saturated heterocycles. The smallest absolute Gasteiger partial charge is 0.320 e. The van der Waals surface area contributed by atoms with Crippen LogP contribution >= 0.6 is 0 Å². The topological polar surface area (TPSA) is 97.6 Å². The number of aromatic hydroxyl groups is 2. The Bertz CT molecular complexity index is 1810. The van der Waals surface area contributed by atoms with Gasteiger partial charge in [0.2, 0.25) is 0 Å². The highest BCUT2D eigenvalue weighted by molar-refractivity contribution is 6.20. The molecule has 0 amide bonds. The lowest BCUT2D eigenvalue weighted by Gasteiger charge is -2.14. The van der Waals surface area contributed by atoms with Crippen molar-refractivity contribution in [2.75, 3.05) is 13.2 Å². The maximum Gasteiger partial charge on any atom is 0.320 e. The van der Waals surface area contributed by atoms with Crippen molar-refractivity contribution >= 4 is 32.3 Å². The van der Waals surface area contributed by atoms with Crippen LogP contribution in [0.25, 0.3) is 55.1 Å². The zero-order chi connectivity index (χ0) is 26.2. The Morgan fingerprint density at radius 3 is 1.97 bits per heavy atom. The highest BCUT2D eigenvalue weighted by atomic mass is 16.5. The summed E-state index contributed by atoms with van der Waals surface area (Å²) in [4.78, 5) is 13.8. The number of phenols is 2. The highest BCUT2D eigenvalue weighted by Crippen LogP contribution is 2.41. The summed E-state index contributed by atoms with van der Waals surface area (Å²) >= 11 is 0. The van der Waals surface area contributed by atoms with Crippen LogP contribution in [-0.4, -0.2) is 38.4 Å². The van der Waals surface area contributed by atoms with Gasteiger partial charge < -0.3 is 19.7 Å². The van der Waals surface area contributed by atoms with Crippen molar-refractivity contribution in [2.45, 2.75) is 13.8 Å². The Kier molecular flexibility index (Phi) is 5.88. The number of fused-ring (bicyclic) bond motifs is 5. The predicted octanol–water partition coefficient (Wildman–Crippen LogP) is 6.87. The molecule has 38 heavy (non-hydrogen) atoms. The summed E-state index contributed by atoms with van der Waals surface area (Å²) in [5, 5.41) is 28.1. The SMILES string of the molecule is CCOc1cc(O)c(-c2nc(OCC)nc(-c3cc4c5ccccc5ccc4c4ccccc34)n2)c(O)c1. The van der Waals surface area contributed by atoms with E-state index in [0.717, 1.165) is 37.9 Å². The number of hydrogen-bond donors (Lipinski definition) is 2. The maximum absolute atomic E-state index is 10.8. The molecule has 1 aromatic heterocycles. The number of ether oxygens (including phenoxy) is 2. The summed E-state index contributed by atoms with van der Waals surface area (Å²) < 4.78 is 11.1. The molecule has 0 bridgehead atoms. The standard InChI is InChI=1S/C31H25N3O4/c1-3-37-19-15-26(35)28(27(36)16-19)30-32-29(33-31(34-30)38-4-2)25-17-24-20-10-6-5-9-18(20)13-14-23(24)21-11-7-8-12-22(21)25/h5-17,35-36H,3-4H2,1-2H3. The van der Waals surface area contributed by atoms with E-state index in [-0.39, 0.29) is 28.9 Å². The molecule has 6 aromatic rings. The molecule has 6 rings (SSSR count). The van der Waals surface area contributed by atoms with Gasteiger partial charge in [0.25, 0.3) is 0 Å². The van der Waals surface area contributed by atoms with Gasteiger partial charge >= 0.3 is 6.01 Å². The van der Waals surface area contributed by atoms with Gasteiger partial charge in [-0.2, -0.15) is 9.97 Å². The zero-order valence-electron chi connectivity index (χ0n) is 21.0. The number of hydrogen-bond acceptors (Lipinski definition) is 7. The molecule has 0 saturated carbocycles. The van der Waals surface area contributed by atoms with Crippen molar-refractivity contribution in [2.24, 2.45) is 0 Å². The van der Waals surface area contributed by atoms with Crippen molar-refractivity contribution < 1.29 is 19.7 Å². The molecule has 0 atom stereocenters.